The topological polar surface area (TPSA) is 27.7 Å². The second kappa shape index (κ2) is 7.58. The molecule has 2 aromatic carbocycles. The molecule has 0 saturated carbocycles. The Morgan fingerprint density at radius 1 is 0.810 bits per heavy atom. The van der Waals surface area contributed by atoms with Gasteiger partial charge in [-0.2, -0.15) is 0 Å². The molecular formula is C18H21O3. The summed E-state index contributed by atoms with van der Waals surface area (Å²) in [6, 6.07) is 15.6. The minimum atomic E-state index is 0.505. The van der Waals surface area contributed by atoms with Crippen molar-refractivity contribution in [3.8, 4) is 17.2 Å². The first-order chi connectivity index (χ1) is 10.2. The summed E-state index contributed by atoms with van der Waals surface area (Å²) in [5, 5.41) is 0. The molecule has 0 heterocycles. The largest absolute Gasteiger partial charge is 0.497 e. The maximum absolute atomic E-state index is 5.70. The zero-order valence-corrected chi connectivity index (χ0v) is 12.8. The van der Waals surface area contributed by atoms with Crippen LogP contribution in [0, 0.1) is 5.92 Å². The van der Waals surface area contributed by atoms with Crippen LogP contribution in [0.25, 0.3) is 0 Å². The van der Waals surface area contributed by atoms with Gasteiger partial charge >= 0.3 is 0 Å². The lowest BCUT2D eigenvalue weighted by Gasteiger charge is -2.11. The first kappa shape index (κ1) is 15.2. The lowest BCUT2D eigenvalue weighted by molar-refractivity contribution is 0.217. The Bertz CT molecular complexity index is 547. The molecule has 0 atom stereocenters. The Morgan fingerprint density at radius 3 is 2.05 bits per heavy atom. The molecule has 0 unspecified atom stereocenters. The Morgan fingerprint density at radius 2 is 1.43 bits per heavy atom. The number of rotatable bonds is 7. The van der Waals surface area contributed by atoms with Crippen LogP contribution in [0.2, 0.25) is 0 Å². The van der Waals surface area contributed by atoms with Gasteiger partial charge in [0.15, 0.2) is 0 Å². The quantitative estimate of drug-likeness (QED) is 0.716. The fraction of sp³-hybridized carbons (Fsp3) is 0.278. The predicted octanol–water partition coefficient (Wildman–Crippen LogP) is 4.12. The molecule has 0 N–H and O–H groups in total. The number of ether oxygens (including phenoxy) is 3. The van der Waals surface area contributed by atoms with E-state index in [0.717, 1.165) is 17.2 Å². The van der Waals surface area contributed by atoms with Gasteiger partial charge in [-0.3, -0.25) is 0 Å². The number of hydrogen-bond acceptors (Lipinski definition) is 3. The zero-order valence-electron chi connectivity index (χ0n) is 12.8. The molecule has 21 heavy (non-hydrogen) atoms. The molecule has 3 heteroatoms. The van der Waals surface area contributed by atoms with Crippen LogP contribution in [0.1, 0.15) is 19.4 Å². The minimum Gasteiger partial charge on any atom is -0.497 e. The molecule has 0 aromatic heterocycles. The van der Waals surface area contributed by atoms with E-state index in [9.17, 15) is 0 Å². The van der Waals surface area contributed by atoms with Gasteiger partial charge in [-0.1, -0.05) is 26.0 Å². The molecule has 0 aliphatic rings. The average molecular weight is 285 g/mol. The SMILES string of the molecule is COc1ccc(OCCOc2cccc([C](C)C)c2)cc1. The standard InChI is InChI=1S/C18H21O3/c1-14(2)15-5-4-6-18(13-15)21-12-11-20-17-9-7-16(19-3)8-10-17/h4-10,13H,11-12H2,1-3H3. The minimum absolute atomic E-state index is 0.505. The third-order valence-electron chi connectivity index (χ3n) is 3.09. The van der Waals surface area contributed by atoms with Crippen molar-refractivity contribution in [2.24, 2.45) is 0 Å². The first-order valence-electron chi connectivity index (χ1n) is 6.99. The van der Waals surface area contributed by atoms with E-state index in [1.54, 1.807) is 7.11 Å². The highest BCUT2D eigenvalue weighted by molar-refractivity contribution is 5.35. The van der Waals surface area contributed by atoms with Gasteiger partial charge < -0.3 is 14.2 Å². The predicted molar refractivity (Wildman–Crippen MR) is 84.1 cm³/mol. The number of hydrogen-bond donors (Lipinski definition) is 0. The number of methoxy groups -OCH3 is 1. The molecular weight excluding hydrogens is 264 g/mol. The highest BCUT2D eigenvalue weighted by Crippen LogP contribution is 2.20. The summed E-state index contributed by atoms with van der Waals surface area (Å²) in [5.74, 6) is 3.77. The van der Waals surface area contributed by atoms with Crippen LogP contribution in [0.4, 0.5) is 0 Å². The molecule has 0 aliphatic carbocycles. The summed E-state index contributed by atoms with van der Waals surface area (Å²) in [7, 11) is 1.65. The van der Waals surface area contributed by atoms with E-state index >= 15 is 0 Å². The lowest BCUT2D eigenvalue weighted by atomic mass is 10.0. The Labute approximate surface area is 126 Å². The summed E-state index contributed by atoms with van der Waals surface area (Å²) in [6.07, 6.45) is 0. The van der Waals surface area contributed by atoms with Crippen molar-refractivity contribution in [1.29, 1.82) is 0 Å². The van der Waals surface area contributed by atoms with Gasteiger partial charge in [0, 0.05) is 0 Å². The van der Waals surface area contributed by atoms with Gasteiger partial charge in [0.05, 0.1) is 7.11 Å². The molecule has 3 nitrogen and oxygen atoms in total. The molecule has 0 saturated heterocycles. The Balaban J connectivity index is 1.77. The van der Waals surface area contributed by atoms with Crippen molar-refractivity contribution in [2.75, 3.05) is 20.3 Å². The summed E-state index contributed by atoms with van der Waals surface area (Å²) in [5.41, 5.74) is 1.20. The monoisotopic (exact) mass is 285 g/mol. The van der Waals surface area contributed by atoms with Gasteiger partial charge in [0.1, 0.15) is 30.5 Å². The fourth-order valence-corrected chi connectivity index (χ4v) is 1.89. The third-order valence-corrected chi connectivity index (χ3v) is 3.09. The summed E-state index contributed by atoms with van der Waals surface area (Å²) in [4.78, 5) is 0. The molecule has 1 radical (unpaired) electrons. The van der Waals surface area contributed by atoms with Gasteiger partial charge in [0.25, 0.3) is 0 Å². The van der Waals surface area contributed by atoms with Crippen LogP contribution < -0.4 is 14.2 Å². The maximum Gasteiger partial charge on any atom is 0.122 e. The lowest BCUT2D eigenvalue weighted by Crippen LogP contribution is -2.09. The maximum atomic E-state index is 5.70. The van der Waals surface area contributed by atoms with E-state index < -0.39 is 0 Å². The molecule has 0 aliphatic heterocycles. The van der Waals surface area contributed by atoms with Crippen LogP contribution >= 0.6 is 0 Å². The average Bonchev–Trinajstić information content (AvgIpc) is 2.52. The third kappa shape index (κ3) is 4.71. The van der Waals surface area contributed by atoms with E-state index in [4.69, 9.17) is 14.2 Å². The van der Waals surface area contributed by atoms with Crippen LogP contribution in [0.3, 0.4) is 0 Å². The van der Waals surface area contributed by atoms with Gasteiger partial charge in [0.2, 0.25) is 0 Å². The Kier molecular flexibility index (Phi) is 5.50. The van der Waals surface area contributed by atoms with Crippen LogP contribution in [0.15, 0.2) is 48.5 Å². The van der Waals surface area contributed by atoms with E-state index in [1.165, 1.54) is 11.5 Å². The normalized spacial score (nSPS) is 10.5. The summed E-state index contributed by atoms with van der Waals surface area (Å²) in [6.45, 7) is 5.20. The van der Waals surface area contributed by atoms with Gasteiger partial charge in [-0.15, -0.1) is 0 Å². The van der Waals surface area contributed by atoms with Crippen molar-refractivity contribution < 1.29 is 14.2 Å². The van der Waals surface area contributed by atoms with Crippen molar-refractivity contribution in [3.63, 3.8) is 0 Å². The van der Waals surface area contributed by atoms with Crippen molar-refractivity contribution in [3.05, 3.63) is 60.0 Å². The summed E-state index contributed by atoms with van der Waals surface area (Å²) >= 11 is 0. The van der Waals surface area contributed by atoms with Crippen molar-refractivity contribution in [1.82, 2.24) is 0 Å². The van der Waals surface area contributed by atoms with E-state index in [-0.39, 0.29) is 0 Å². The first-order valence-corrected chi connectivity index (χ1v) is 6.99. The highest BCUT2D eigenvalue weighted by Gasteiger charge is 2.01. The highest BCUT2D eigenvalue weighted by atomic mass is 16.5. The second-order valence-corrected chi connectivity index (χ2v) is 4.90. The molecule has 0 spiro atoms. The zero-order chi connectivity index (χ0) is 15.1. The van der Waals surface area contributed by atoms with E-state index in [0.29, 0.717) is 13.2 Å². The van der Waals surface area contributed by atoms with E-state index in [1.807, 2.05) is 42.5 Å². The molecule has 2 aromatic rings. The van der Waals surface area contributed by atoms with Crippen LogP contribution in [0.5, 0.6) is 17.2 Å². The second-order valence-electron chi connectivity index (χ2n) is 4.90. The summed E-state index contributed by atoms with van der Waals surface area (Å²) < 4.78 is 16.4. The van der Waals surface area contributed by atoms with Gasteiger partial charge in [-0.25, -0.2) is 0 Å². The van der Waals surface area contributed by atoms with Gasteiger partial charge in [-0.05, 0) is 47.9 Å². The smallest absolute Gasteiger partial charge is 0.122 e. The van der Waals surface area contributed by atoms with Crippen molar-refractivity contribution in [2.45, 2.75) is 13.8 Å². The fourth-order valence-electron chi connectivity index (χ4n) is 1.89. The van der Waals surface area contributed by atoms with E-state index in [2.05, 4.69) is 19.9 Å². The molecule has 2 rings (SSSR count). The van der Waals surface area contributed by atoms with Crippen LogP contribution in [-0.4, -0.2) is 20.3 Å². The molecule has 111 valence electrons. The number of benzene rings is 2. The Hall–Kier alpha value is -2.16. The van der Waals surface area contributed by atoms with Crippen LogP contribution in [-0.2, 0) is 0 Å². The molecule has 0 fully saturated rings. The molecule has 0 amide bonds. The molecule has 0 bridgehead atoms. The van der Waals surface area contributed by atoms with Crippen molar-refractivity contribution >= 4 is 0 Å².